The van der Waals surface area contributed by atoms with Crippen LogP contribution >= 0.6 is 0 Å². The SMILES string of the molecule is O=[Si]([O-])OCCO. The molecule has 0 aromatic rings. The lowest BCUT2D eigenvalue weighted by Gasteiger charge is -2.01. The Morgan fingerprint density at radius 3 is 2.57 bits per heavy atom. The van der Waals surface area contributed by atoms with E-state index < -0.39 is 9.17 Å². The van der Waals surface area contributed by atoms with Gasteiger partial charge in [-0.05, 0) is 0 Å². The Morgan fingerprint density at radius 2 is 2.43 bits per heavy atom. The molecule has 0 unspecified atom stereocenters. The number of aliphatic hydroxyl groups excluding tert-OH is 1. The molecule has 0 aromatic carbocycles. The minimum atomic E-state index is -3.06. The van der Waals surface area contributed by atoms with Gasteiger partial charge in [0.2, 0.25) is 0 Å². The molecule has 0 rings (SSSR count). The Bertz CT molecular complexity index is 62.7. The molecule has 0 aliphatic rings. The van der Waals surface area contributed by atoms with Gasteiger partial charge in [-0.25, -0.2) is 0 Å². The topological polar surface area (TPSA) is 69.6 Å². The fraction of sp³-hybridized carbons (Fsp3) is 1.00. The molecule has 0 fully saturated rings. The van der Waals surface area contributed by atoms with Crippen molar-refractivity contribution in [1.82, 2.24) is 0 Å². The van der Waals surface area contributed by atoms with Crippen molar-refractivity contribution >= 4 is 9.17 Å². The molecule has 0 heterocycles. The number of hydrogen-bond acceptors (Lipinski definition) is 4. The molecule has 7 heavy (non-hydrogen) atoms. The lowest BCUT2D eigenvalue weighted by molar-refractivity contribution is -0.230. The normalized spacial score (nSPS) is 8.14. The molecular weight excluding hydrogens is 116 g/mol. The summed E-state index contributed by atoms with van der Waals surface area (Å²) in [5.41, 5.74) is 0. The molecule has 1 N–H and O–H groups in total. The summed E-state index contributed by atoms with van der Waals surface area (Å²) in [6.07, 6.45) is 0. The van der Waals surface area contributed by atoms with Gasteiger partial charge < -0.3 is 18.8 Å². The Hall–Kier alpha value is -0.423. The van der Waals surface area contributed by atoms with Crippen LogP contribution in [0.1, 0.15) is 0 Å². The second-order valence-electron chi connectivity index (χ2n) is 0.822. The lowest BCUT2D eigenvalue weighted by Crippen LogP contribution is -2.25. The molecule has 4 nitrogen and oxygen atoms in total. The molecule has 0 saturated carbocycles. The van der Waals surface area contributed by atoms with E-state index in [4.69, 9.17) is 5.11 Å². The second kappa shape index (κ2) is 3.76. The van der Waals surface area contributed by atoms with E-state index in [2.05, 4.69) is 4.43 Å². The zero-order valence-corrected chi connectivity index (χ0v) is 4.59. The zero-order chi connectivity index (χ0) is 5.70. The molecule has 0 saturated heterocycles. The largest absolute Gasteiger partial charge is 0.586 e. The van der Waals surface area contributed by atoms with Crippen LogP contribution in [0.4, 0.5) is 0 Å². The van der Waals surface area contributed by atoms with Gasteiger partial charge in [-0.2, -0.15) is 0 Å². The fourth-order valence-corrected chi connectivity index (χ4v) is 0.387. The summed E-state index contributed by atoms with van der Waals surface area (Å²) in [7, 11) is -3.06. The Balaban J connectivity index is 2.82. The Labute approximate surface area is 42.3 Å². The third-order valence-electron chi connectivity index (χ3n) is 0.311. The molecule has 0 aliphatic heterocycles. The highest BCUT2D eigenvalue weighted by Gasteiger charge is 1.80. The summed E-state index contributed by atoms with van der Waals surface area (Å²) < 4.78 is 13.4. The van der Waals surface area contributed by atoms with Crippen molar-refractivity contribution in [2.45, 2.75) is 0 Å². The quantitative estimate of drug-likeness (QED) is 0.429. The molecule has 0 atom stereocenters. The number of hydrogen-bond donors (Lipinski definition) is 1. The molecule has 42 valence electrons. The van der Waals surface area contributed by atoms with Gasteiger partial charge in [-0.3, -0.25) is 0 Å². The third-order valence-corrected chi connectivity index (χ3v) is 0.751. The first-order valence-electron chi connectivity index (χ1n) is 1.72. The fourth-order valence-electron chi connectivity index (χ4n) is 0.129. The second-order valence-corrected chi connectivity index (χ2v) is 1.61. The predicted molar refractivity (Wildman–Crippen MR) is 19.5 cm³/mol. The minimum absolute atomic E-state index is 0.124. The van der Waals surface area contributed by atoms with Crippen LogP contribution < -0.4 is 4.80 Å². The van der Waals surface area contributed by atoms with Crippen LogP contribution in [0.5, 0.6) is 0 Å². The summed E-state index contributed by atoms with van der Waals surface area (Å²) in [5.74, 6) is 0. The monoisotopic (exact) mass is 121 g/mol. The summed E-state index contributed by atoms with van der Waals surface area (Å²) in [4.78, 5) is 9.50. The van der Waals surface area contributed by atoms with Crippen molar-refractivity contribution < 1.29 is 18.8 Å². The van der Waals surface area contributed by atoms with Crippen molar-refractivity contribution in [3.63, 3.8) is 0 Å². The maximum atomic E-state index is 9.50. The first kappa shape index (κ1) is 6.58. The summed E-state index contributed by atoms with van der Waals surface area (Å²) in [6, 6.07) is 0. The molecule has 0 amide bonds. The highest BCUT2D eigenvalue weighted by molar-refractivity contribution is 6.21. The van der Waals surface area contributed by atoms with Crippen molar-refractivity contribution in [2.24, 2.45) is 0 Å². The van der Waals surface area contributed by atoms with Crippen molar-refractivity contribution in [3.05, 3.63) is 0 Å². The summed E-state index contributed by atoms with van der Waals surface area (Å²) in [5, 5.41) is 7.93. The lowest BCUT2D eigenvalue weighted by atomic mass is 10.8. The summed E-state index contributed by atoms with van der Waals surface area (Å²) >= 11 is 0. The van der Waals surface area contributed by atoms with Crippen LogP contribution in [-0.4, -0.2) is 27.5 Å². The Morgan fingerprint density at radius 1 is 1.86 bits per heavy atom. The molecular formula is C2H5O4Si-. The van der Waals surface area contributed by atoms with E-state index in [1.165, 1.54) is 0 Å². The Kier molecular flexibility index (Phi) is 3.53. The van der Waals surface area contributed by atoms with Crippen LogP contribution in [0.3, 0.4) is 0 Å². The van der Waals surface area contributed by atoms with E-state index in [-0.39, 0.29) is 13.2 Å². The summed E-state index contributed by atoms with van der Waals surface area (Å²) in [6.45, 7) is -0.375. The maximum Gasteiger partial charge on any atom is 0.413 e. The van der Waals surface area contributed by atoms with E-state index in [1.807, 2.05) is 0 Å². The van der Waals surface area contributed by atoms with Gasteiger partial charge in [0.05, 0.1) is 6.61 Å². The van der Waals surface area contributed by atoms with Gasteiger partial charge in [0, 0.05) is 6.61 Å². The third kappa shape index (κ3) is 5.58. The van der Waals surface area contributed by atoms with Crippen molar-refractivity contribution in [1.29, 1.82) is 0 Å². The molecule has 0 radical (unpaired) electrons. The van der Waals surface area contributed by atoms with E-state index in [1.54, 1.807) is 0 Å². The highest BCUT2D eigenvalue weighted by atomic mass is 28.3. The van der Waals surface area contributed by atoms with E-state index in [0.717, 1.165) is 0 Å². The molecule has 0 bridgehead atoms. The van der Waals surface area contributed by atoms with Crippen LogP contribution in [0.15, 0.2) is 0 Å². The first-order chi connectivity index (χ1) is 3.27. The van der Waals surface area contributed by atoms with Crippen LogP contribution in [0, 0.1) is 0 Å². The number of aliphatic hydroxyl groups is 1. The predicted octanol–water partition coefficient (Wildman–Crippen LogP) is -2.23. The molecule has 5 heteroatoms. The van der Waals surface area contributed by atoms with Crippen molar-refractivity contribution in [3.8, 4) is 0 Å². The smallest absolute Gasteiger partial charge is 0.413 e. The van der Waals surface area contributed by atoms with Crippen LogP contribution in [-0.2, 0) is 8.89 Å². The van der Waals surface area contributed by atoms with Gasteiger partial charge in [-0.15, -0.1) is 0 Å². The highest BCUT2D eigenvalue weighted by Crippen LogP contribution is 1.62. The average Bonchev–Trinajstić information content (AvgIpc) is 1.61. The standard InChI is InChI=1S/C2H5O4Si/c3-1-2-6-7(4)5/h3H,1-2H2/q-1. The number of rotatable bonds is 3. The van der Waals surface area contributed by atoms with Gasteiger partial charge >= 0.3 is 9.17 Å². The van der Waals surface area contributed by atoms with E-state index >= 15 is 0 Å². The first-order valence-corrected chi connectivity index (χ1v) is 2.94. The molecule has 0 spiro atoms. The molecule has 0 aliphatic carbocycles. The van der Waals surface area contributed by atoms with Crippen molar-refractivity contribution in [2.75, 3.05) is 13.2 Å². The van der Waals surface area contributed by atoms with E-state index in [0.29, 0.717) is 0 Å². The van der Waals surface area contributed by atoms with Gasteiger partial charge in [-0.1, -0.05) is 0 Å². The minimum Gasteiger partial charge on any atom is -0.586 e. The van der Waals surface area contributed by atoms with Gasteiger partial charge in [0.15, 0.2) is 0 Å². The zero-order valence-electron chi connectivity index (χ0n) is 3.59. The maximum absolute atomic E-state index is 9.50. The average molecular weight is 121 g/mol. The van der Waals surface area contributed by atoms with Crippen LogP contribution in [0.25, 0.3) is 0 Å². The van der Waals surface area contributed by atoms with Crippen LogP contribution in [0.2, 0.25) is 0 Å². The molecule has 0 aromatic heterocycles. The van der Waals surface area contributed by atoms with Gasteiger partial charge in [0.25, 0.3) is 0 Å². The van der Waals surface area contributed by atoms with Gasteiger partial charge in [0.1, 0.15) is 0 Å². The van der Waals surface area contributed by atoms with E-state index in [9.17, 15) is 9.26 Å².